The van der Waals surface area contributed by atoms with Crippen LogP contribution < -0.4 is 5.73 Å². The predicted molar refractivity (Wildman–Crippen MR) is 65.8 cm³/mol. The Kier molecular flexibility index (Phi) is 2.82. The summed E-state index contributed by atoms with van der Waals surface area (Å²) in [6.45, 7) is 1.78. The van der Waals surface area contributed by atoms with Crippen LogP contribution in [0.3, 0.4) is 0 Å². The first kappa shape index (κ1) is 11.2. The molecular weight excluding hydrogens is 212 g/mol. The number of pyridine rings is 1. The lowest BCUT2D eigenvalue weighted by Crippen LogP contribution is -2.08. The summed E-state index contributed by atoms with van der Waals surface area (Å²) in [5.74, 6) is 5.89. The van der Waals surface area contributed by atoms with Crippen molar-refractivity contribution in [3.05, 3.63) is 29.7 Å². The van der Waals surface area contributed by atoms with Crippen LogP contribution in [0.25, 0.3) is 10.9 Å². The highest BCUT2D eigenvalue weighted by Gasteiger charge is 2.14. The van der Waals surface area contributed by atoms with Gasteiger partial charge in [-0.1, -0.05) is 5.92 Å². The monoisotopic (exact) mass is 224 g/mol. The van der Waals surface area contributed by atoms with Crippen LogP contribution in [0.5, 0.6) is 0 Å². The highest BCUT2D eigenvalue weighted by atomic mass is 14.9. The van der Waals surface area contributed by atoms with Gasteiger partial charge in [0.1, 0.15) is 6.04 Å². The molecule has 2 heterocycles. The van der Waals surface area contributed by atoms with Gasteiger partial charge in [-0.25, -0.2) is 0 Å². The summed E-state index contributed by atoms with van der Waals surface area (Å²) in [5, 5.41) is 9.85. The van der Waals surface area contributed by atoms with Crippen molar-refractivity contribution >= 4 is 10.9 Å². The Morgan fingerprint density at radius 3 is 2.88 bits per heavy atom. The number of hydrogen-bond donors (Lipinski definition) is 1. The maximum Gasteiger partial charge on any atom is 0.121 e. The van der Waals surface area contributed by atoms with E-state index in [0.29, 0.717) is 0 Å². The zero-order valence-electron chi connectivity index (χ0n) is 9.73. The smallest absolute Gasteiger partial charge is 0.121 e. The molecule has 1 unspecified atom stereocenters. The quantitative estimate of drug-likeness (QED) is 0.746. The first-order valence-corrected chi connectivity index (χ1v) is 5.20. The summed E-state index contributed by atoms with van der Waals surface area (Å²) in [7, 11) is 1.92. The summed E-state index contributed by atoms with van der Waals surface area (Å²) in [6.07, 6.45) is 5.32. The van der Waals surface area contributed by atoms with E-state index in [1.807, 2.05) is 23.9 Å². The standard InChI is InChI=1S/C13H12N4/c1-3-4-9-8-17(2)12-7-16-6-10(13(9)12)11(15)5-14/h6-8,11H,15H2,1-2H3. The van der Waals surface area contributed by atoms with Crippen LogP contribution in [0.4, 0.5) is 0 Å². The molecule has 0 aromatic carbocycles. The van der Waals surface area contributed by atoms with E-state index in [9.17, 15) is 0 Å². The average molecular weight is 224 g/mol. The van der Waals surface area contributed by atoms with E-state index < -0.39 is 6.04 Å². The molecule has 2 aromatic rings. The molecule has 17 heavy (non-hydrogen) atoms. The SMILES string of the molecule is CC#Cc1cn(C)c2cncc(C(N)C#N)c12. The zero-order valence-corrected chi connectivity index (χ0v) is 9.73. The summed E-state index contributed by atoms with van der Waals surface area (Å²) >= 11 is 0. The summed E-state index contributed by atoms with van der Waals surface area (Å²) in [6, 6.07) is 1.36. The van der Waals surface area contributed by atoms with Gasteiger partial charge in [-0.05, 0) is 6.92 Å². The Balaban J connectivity index is 2.85. The van der Waals surface area contributed by atoms with E-state index in [4.69, 9.17) is 11.0 Å². The molecule has 4 nitrogen and oxygen atoms in total. The Bertz CT molecular complexity index is 664. The van der Waals surface area contributed by atoms with Crippen molar-refractivity contribution in [2.45, 2.75) is 13.0 Å². The Morgan fingerprint density at radius 2 is 2.24 bits per heavy atom. The zero-order chi connectivity index (χ0) is 12.4. The van der Waals surface area contributed by atoms with E-state index in [2.05, 4.69) is 16.8 Å². The van der Waals surface area contributed by atoms with Crippen molar-refractivity contribution in [2.75, 3.05) is 0 Å². The third-order valence-electron chi connectivity index (χ3n) is 2.66. The first-order valence-electron chi connectivity index (χ1n) is 5.20. The molecule has 84 valence electrons. The number of aryl methyl sites for hydroxylation is 1. The molecule has 0 saturated carbocycles. The Labute approximate surface area is 99.7 Å². The molecule has 0 radical (unpaired) electrons. The van der Waals surface area contributed by atoms with Crippen molar-refractivity contribution < 1.29 is 0 Å². The maximum atomic E-state index is 8.93. The van der Waals surface area contributed by atoms with E-state index in [0.717, 1.165) is 22.0 Å². The van der Waals surface area contributed by atoms with Crippen molar-refractivity contribution in [2.24, 2.45) is 12.8 Å². The van der Waals surface area contributed by atoms with Crippen molar-refractivity contribution in [3.63, 3.8) is 0 Å². The van der Waals surface area contributed by atoms with Gasteiger partial charge in [-0.3, -0.25) is 4.98 Å². The Hall–Kier alpha value is -2.30. The van der Waals surface area contributed by atoms with Gasteiger partial charge in [0.25, 0.3) is 0 Å². The highest BCUT2D eigenvalue weighted by molar-refractivity contribution is 5.89. The third kappa shape index (κ3) is 1.75. The molecule has 2 N–H and O–H groups in total. The molecule has 0 fully saturated rings. The van der Waals surface area contributed by atoms with E-state index in [1.165, 1.54) is 0 Å². The van der Waals surface area contributed by atoms with Gasteiger partial charge in [0, 0.05) is 30.4 Å². The molecule has 0 aliphatic carbocycles. The topological polar surface area (TPSA) is 67.6 Å². The van der Waals surface area contributed by atoms with Crippen molar-refractivity contribution in [1.29, 1.82) is 5.26 Å². The number of fused-ring (bicyclic) bond motifs is 1. The van der Waals surface area contributed by atoms with Crippen LogP contribution in [0.1, 0.15) is 24.1 Å². The van der Waals surface area contributed by atoms with Crippen LogP contribution in [0.15, 0.2) is 18.6 Å². The molecule has 0 saturated heterocycles. The maximum absolute atomic E-state index is 8.93. The average Bonchev–Trinajstić information content (AvgIpc) is 2.66. The lowest BCUT2D eigenvalue weighted by Gasteiger charge is -2.05. The Morgan fingerprint density at radius 1 is 1.47 bits per heavy atom. The second-order valence-corrected chi connectivity index (χ2v) is 3.76. The number of hydrogen-bond acceptors (Lipinski definition) is 3. The molecule has 0 aliphatic rings. The van der Waals surface area contributed by atoms with Crippen molar-refractivity contribution in [1.82, 2.24) is 9.55 Å². The largest absolute Gasteiger partial charge is 0.348 e. The minimum atomic E-state index is -0.675. The van der Waals surface area contributed by atoms with Crippen LogP contribution in [-0.4, -0.2) is 9.55 Å². The van der Waals surface area contributed by atoms with Crippen molar-refractivity contribution in [3.8, 4) is 17.9 Å². The molecule has 0 bridgehead atoms. The lowest BCUT2D eigenvalue weighted by molar-refractivity contribution is 0.922. The highest BCUT2D eigenvalue weighted by Crippen LogP contribution is 2.26. The fourth-order valence-corrected chi connectivity index (χ4v) is 1.89. The molecular formula is C13H12N4. The van der Waals surface area contributed by atoms with Gasteiger partial charge in [-0.2, -0.15) is 5.26 Å². The van der Waals surface area contributed by atoms with Gasteiger partial charge < -0.3 is 10.3 Å². The predicted octanol–water partition coefficient (Wildman–Crippen LogP) is 1.47. The second-order valence-electron chi connectivity index (χ2n) is 3.76. The van der Waals surface area contributed by atoms with Crippen LogP contribution >= 0.6 is 0 Å². The fraction of sp³-hybridized carbons (Fsp3) is 0.231. The molecule has 0 aliphatic heterocycles. The minimum Gasteiger partial charge on any atom is -0.348 e. The second kappa shape index (κ2) is 4.29. The number of rotatable bonds is 1. The van der Waals surface area contributed by atoms with Gasteiger partial charge in [0.05, 0.1) is 23.3 Å². The van der Waals surface area contributed by atoms with Gasteiger partial charge in [0.2, 0.25) is 0 Å². The molecule has 2 rings (SSSR count). The molecule has 1 atom stereocenters. The van der Waals surface area contributed by atoms with E-state index in [-0.39, 0.29) is 0 Å². The minimum absolute atomic E-state index is 0.675. The summed E-state index contributed by atoms with van der Waals surface area (Å²) in [5.41, 5.74) is 8.32. The normalized spacial score (nSPS) is 11.6. The molecule has 2 aromatic heterocycles. The molecule has 0 amide bonds. The molecule has 4 heteroatoms. The van der Waals surface area contributed by atoms with Crippen LogP contribution in [0, 0.1) is 23.2 Å². The van der Waals surface area contributed by atoms with Crippen LogP contribution in [0.2, 0.25) is 0 Å². The number of aromatic nitrogens is 2. The van der Waals surface area contributed by atoms with Crippen LogP contribution in [-0.2, 0) is 7.05 Å². The van der Waals surface area contributed by atoms with Gasteiger partial charge >= 0.3 is 0 Å². The van der Waals surface area contributed by atoms with Gasteiger partial charge in [-0.15, -0.1) is 5.92 Å². The third-order valence-corrected chi connectivity index (χ3v) is 2.66. The number of nitrogens with two attached hydrogens (primary N) is 1. The van der Waals surface area contributed by atoms with E-state index in [1.54, 1.807) is 19.3 Å². The lowest BCUT2D eigenvalue weighted by atomic mass is 10.0. The van der Waals surface area contributed by atoms with Gasteiger partial charge in [0.15, 0.2) is 0 Å². The molecule has 0 spiro atoms. The van der Waals surface area contributed by atoms with E-state index >= 15 is 0 Å². The summed E-state index contributed by atoms with van der Waals surface area (Å²) < 4.78 is 1.94. The first-order chi connectivity index (χ1) is 8.19. The summed E-state index contributed by atoms with van der Waals surface area (Å²) in [4.78, 5) is 4.12. The number of nitrogens with zero attached hydrogens (tertiary/aromatic N) is 3. The number of nitriles is 1. The fourth-order valence-electron chi connectivity index (χ4n) is 1.89.